The van der Waals surface area contributed by atoms with Gasteiger partial charge in [-0.15, -0.1) is 0 Å². The lowest BCUT2D eigenvalue weighted by molar-refractivity contribution is -0.159. The Labute approximate surface area is 311 Å². The molecule has 2 rings (SSSR count). The van der Waals surface area contributed by atoms with Gasteiger partial charge < -0.3 is 25.0 Å². The quantitative estimate of drug-likeness (QED) is 0.111. The molecule has 0 aliphatic heterocycles. The number of thioether (sulfide) groups is 1. The number of carbonyl (C=O) groups excluding carboxylic acids is 4. The number of esters is 1. The molecule has 0 bridgehead atoms. The summed E-state index contributed by atoms with van der Waals surface area (Å²) < 4.78 is 11.4. The number of alkyl carbamates (subject to hydrolysis) is 1. The Morgan fingerprint density at radius 2 is 1.35 bits per heavy atom. The second-order valence-electron chi connectivity index (χ2n) is 15.3. The minimum absolute atomic E-state index is 0.211. The monoisotopic (exact) mass is 725 g/mol. The molecule has 51 heavy (non-hydrogen) atoms. The molecule has 0 radical (unpaired) electrons. The summed E-state index contributed by atoms with van der Waals surface area (Å²) in [5, 5.41) is 5.85. The first-order valence-corrected chi connectivity index (χ1v) is 19.8. The van der Waals surface area contributed by atoms with Crippen molar-refractivity contribution in [3.8, 4) is 0 Å². The lowest BCUT2D eigenvalue weighted by atomic mass is 9.92. The molecule has 0 aromatic heterocycles. The minimum Gasteiger partial charge on any atom is -0.458 e. The summed E-state index contributed by atoms with van der Waals surface area (Å²) in [5.74, 6) is -0.810. The van der Waals surface area contributed by atoms with Gasteiger partial charge >= 0.3 is 12.1 Å². The molecule has 3 unspecified atom stereocenters. The molecule has 0 aliphatic carbocycles. The molecule has 0 saturated carbocycles. The second kappa shape index (κ2) is 21.1. The zero-order chi connectivity index (χ0) is 38.2. The fraction of sp³-hybridized carbons (Fsp3) is 0.610. The number of carbonyl (C=O) groups is 4. The van der Waals surface area contributed by atoms with Gasteiger partial charge in [-0.05, 0) is 102 Å². The molecule has 0 saturated heterocycles. The number of amides is 3. The first kappa shape index (κ1) is 43.6. The topological polar surface area (TPSA) is 114 Å². The number of benzene rings is 2. The van der Waals surface area contributed by atoms with Crippen LogP contribution in [0, 0.1) is 13.8 Å². The van der Waals surface area contributed by atoms with E-state index in [-0.39, 0.29) is 12.3 Å². The van der Waals surface area contributed by atoms with Gasteiger partial charge in [-0.3, -0.25) is 9.59 Å². The first-order chi connectivity index (χ1) is 24.0. The van der Waals surface area contributed by atoms with Crippen molar-refractivity contribution in [3.63, 3.8) is 0 Å². The van der Waals surface area contributed by atoms with Gasteiger partial charge in [0, 0.05) is 13.0 Å². The predicted octanol–water partition coefficient (Wildman–Crippen LogP) is 8.25. The maximum atomic E-state index is 14.9. The van der Waals surface area contributed by atoms with Gasteiger partial charge in [-0.25, -0.2) is 9.59 Å². The van der Waals surface area contributed by atoms with Gasteiger partial charge in [0.2, 0.25) is 11.8 Å². The first-order valence-electron chi connectivity index (χ1n) is 18.4. The van der Waals surface area contributed by atoms with Crippen LogP contribution in [0.2, 0.25) is 0 Å². The molecule has 0 aliphatic rings. The second-order valence-corrected chi connectivity index (χ2v) is 16.3. The SMILES string of the molecule is CCCCCCCCN(C(=O)C(CCSC)NC(=O)OC(C)(C)C)C(C(=O)NC(Cc1ccccc1)C(=O)OC(C)(C)C)c1c(C)cccc1C. The molecule has 284 valence electrons. The van der Waals surface area contributed by atoms with Gasteiger partial charge in [0.15, 0.2) is 0 Å². The van der Waals surface area contributed by atoms with Crippen LogP contribution in [0.1, 0.15) is 122 Å². The van der Waals surface area contributed by atoms with E-state index < -0.39 is 47.3 Å². The van der Waals surface area contributed by atoms with Crippen LogP contribution in [0.3, 0.4) is 0 Å². The highest BCUT2D eigenvalue weighted by atomic mass is 32.2. The van der Waals surface area contributed by atoms with E-state index in [1.165, 1.54) is 0 Å². The molecule has 0 spiro atoms. The average molecular weight is 726 g/mol. The van der Waals surface area contributed by atoms with Crippen LogP contribution in [0.25, 0.3) is 0 Å². The highest BCUT2D eigenvalue weighted by molar-refractivity contribution is 7.98. The Kier molecular flexibility index (Phi) is 18.1. The van der Waals surface area contributed by atoms with E-state index in [0.29, 0.717) is 30.7 Å². The summed E-state index contributed by atoms with van der Waals surface area (Å²) in [6.07, 6.45) is 7.74. The van der Waals surface area contributed by atoms with Crippen LogP contribution in [0.4, 0.5) is 4.79 Å². The van der Waals surface area contributed by atoms with Crippen molar-refractivity contribution in [2.24, 2.45) is 0 Å². The van der Waals surface area contributed by atoms with Gasteiger partial charge in [-0.1, -0.05) is 87.6 Å². The van der Waals surface area contributed by atoms with Crippen LogP contribution < -0.4 is 10.6 Å². The summed E-state index contributed by atoms with van der Waals surface area (Å²) in [7, 11) is 0. The normalized spacial score (nSPS) is 13.5. The third kappa shape index (κ3) is 15.7. The summed E-state index contributed by atoms with van der Waals surface area (Å²) in [6.45, 7) is 17.0. The van der Waals surface area contributed by atoms with Crippen LogP contribution in [0.5, 0.6) is 0 Å². The van der Waals surface area contributed by atoms with E-state index in [1.807, 2.05) is 68.6 Å². The van der Waals surface area contributed by atoms with E-state index in [1.54, 1.807) is 58.2 Å². The van der Waals surface area contributed by atoms with Crippen LogP contribution >= 0.6 is 11.8 Å². The number of rotatable bonds is 19. The molecule has 10 heteroatoms. The lowest BCUT2D eigenvalue weighted by Gasteiger charge is -2.36. The maximum Gasteiger partial charge on any atom is 0.408 e. The van der Waals surface area contributed by atoms with Crippen molar-refractivity contribution in [1.29, 1.82) is 0 Å². The predicted molar refractivity (Wildman–Crippen MR) is 208 cm³/mol. The van der Waals surface area contributed by atoms with Crippen LogP contribution in [-0.2, 0) is 30.3 Å². The van der Waals surface area contributed by atoms with Crippen molar-refractivity contribution in [2.45, 2.75) is 143 Å². The zero-order valence-corrected chi connectivity index (χ0v) is 33.5. The molecule has 3 atom stereocenters. The molecular weight excluding hydrogens is 663 g/mol. The van der Waals surface area contributed by atoms with Gasteiger partial charge in [0.1, 0.15) is 29.3 Å². The molecule has 2 aromatic carbocycles. The zero-order valence-electron chi connectivity index (χ0n) is 32.7. The van der Waals surface area contributed by atoms with E-state index >= 15 is 0 Å². The molecule has 0 fully saturated rings. The fourth-order valence-electron chi connectivity index (χ4n) is 5.93. The Bertz CT molecular complexity index is 1380. The number of unbranched alkanes of at least 4 members (excludes halogenated alkanes) is 5. The van der Waals surface area contributed by atoms with E-state index in [2.05, 4.69) is 17.6 Å². The van der Waals surface area contributed by atoms with Crippen molar-refractivity contribution in [2.75, 3.05) is 18.6 Å². The smallest absolute Gasteiger partial charge is 0.408 e. The number of nitrogens with zero attached hydrogens (tertiary/aromatic N) is 1. The van der Waals surface area contributed by atoms with Gasteiger partial charge in [0.25, 0.3) is 0 Å². The number of ether oxygens (including phenoxy) is 2. The standard InChI is InChI=1S/C41H63N3O6S/c1-11-12-13-14-15-19-26-44(37(46)32(25-27-51-10)43-39(48)50-41(7,8)9)35(34-29(2)21-20-22-30(34)3)36(45)42-33(38(47)49-40(4,5)6)28-31-23-17-16-18-24-31/h16-18,20-24,32-33,35H,11-15,19,25-28H2,1-10H3,(H,42,45)(H,43,48). The Hall–Kier alpha value is -3.53. The van der Waals surface area contributed by atoms with Crippen molar-refractivity contribution in [1.82, 2.24) is 15.5 Å². The summed E-state index contributed by atoms with van der Waals surface area (Å²) in [6, 6.07) is 12.2. The molecule has 9 nitrogen and oxygen atoms in total. The minimum atomic E-state index is -1.08. The third-order valence-electron chi connectivity index (χ3n) is 8.30. The fourth-order valence-corrected chi connectivity index (χ4v) is 6.40. The maximum absolute atomic E-state index is 14.9. The largest absolute Gasteiger partial charge is 0.458 e. The number of nitrogens with one attached hydrogen (secondary N) is 2. The van der Waals surface area contributed by atoms with Gasteiger partial charge in [0.05, 0.1) is 0 Å². The number of hydrogen-bond donors (Lipinski definition) is 2. The summed E-state index contributed by atoms with van der Waals surface area (Å²) >= 11 is 1.57. The molecule has 3 amide bonds. The molecule has 2 N–H and O–H groups in total. The lowest BCUT2D eigenvalue weighted by Crippen LogP contribution is -2.55. The van der Waals surface area contributed by atoms with E-state index in [9.17, 15) is 19.2 Å². The molecule has 0 heterocycles. The summed E-state index contributed by atoms with van der Waals surface area (Å²) in [4.78, 5) is 58.0. The molecular formula is C41H63N3O6S. The Morgan fingerprint density at radius 3 is 1.92 bits per heavy atom. The third-order valence-corrected chi connectivity index (χ3v) is 8.95. The Morgan fingerprint density at radius 1 is 0.765 bits per heavy atom. The van der Waals surface area contributed by atoms with Gasteiger partial charge in [-0.2, -0.15) is 11.8 Å². The van der Waals surface area contributed by atoms with E-state index in [0.717, 1.165) is 48.8 Å². The highest BCUT2D eigenvalue weighted by Gasteiger charge is 2.39. The van der Waals surface area contributed by atoms with Crippen molar-refractivity contribution < 1.29 is 28.7 Å². The molecule has 2 aromatic rings. The summed E-state index contributed by atoms with van der Waals surface area (Å²) in [5.41, 5.74) is 1.70. The van der Waals surface area contributed by atoms with Crippen molar-refractivity contribution >= 4 is 35.6 Å². The van der Waals surface area contributed by atoms with Crippen LogP contribution in [-0.4, -0.2) is 70.6 Å². The number of aryl methyl sites for hydroxylation is 2. The van der Waals surface area contributed by atoms with Crippen LogP contribution in [0.15, 0.2) is 48.5 Å². The Balaban J connectivity index is 2.68. The average Bonchev–Trinajstić information content (AvgIpc) is 3.03. The highest BCUT2D eigenvalue weighted by Crippen LogP contribution is 2.30. The van der Waals surface area contributed by atoms with Crippen molar-refractivity contribution in [3.05, 3.63) is 70.8 Å². The van der Waals surface area contributed by atoms with E-state index in [4.69, 9.17) is 9.47 Å². The number of hydrogen-bond acceptors (Lipinski definition) is 7.